The molecule has 0 saturated heterocycles. The van der Waals surface area contributed by atoms with Crippen molar-refractivity contribution in [2.24, 2.45) is 0 Å². The Morgan fingerprint density at radius 2 is 2.24 bits per heavy atom. The molecule has 1 aromatic carbocycles. The average Bonchev–Trinajstić information content (AvgIpc) is 3.35. The van der Waals surface area contributed by atoms with Gasteiger partial charge in [-0.05, 0) is 42.0 Å². The molecule has 1 aliphatic carbocycles. The first-order chi connectivity index (χ1) is 12.2. The van der Waals surface area contributed by atoms with Crippen LogP contribution in [0.1, 0.15) is 40.2 Å². The van der Waals surface area contributed by atoms with Gasteiger partial charge in [0.1, 0.15) is 5.02 Å². The third-order valence-corrected chi connectivity index (χ3v) is 4.75. The summed E-state index contributed by atoms with van der Waals surface area (Å²) in [5.41, 5.74) is 3.79. The molecule has 7 heteroatoms. The molecule has 1 fully saturated rings. The molecule has 2 N–H and O–H groups in total. The van der Waals surface area contributed by atoms with Crippen molar-refractivity contribution in [3.63, 3.8) is 0 Å². The van der Waals surface area contributed by atoms with Gasteiger partial charge in [-0.1, -0.05) is 17.7 Å². The molecule has 2 heterocycles. The van der Waals surface area contributed by atoms with Crippen LogP contribution >= 0.6 is 11.6 Å². The highest BCUT2D eigenvalue weighted by Gasteiger charge is 2.27. The highest BCUT2D eigenvalue weighted by Crippen LogP contribution is 2.43. The Hall–Kier alpha value is -2.60. The van der Waals surface area contributed by atoms with Crippen LogP contribution in [0.15, 0.2) is 30.6 Å². The molecule has 0 unspecified atom stereocenters. The molecule has 0 atom stereocenters. The highest BCUT2D eigenvalue weighted by atomic mass is 35.5. The van der Waals surface area contributed by atoms with Crippen LogP contribution in [0.25, 0.3) is 10.9 Å². The van der Waals surface area contributed by atoms with Crippen molar-refractivity contribution in [2.45, 2.75) is 25.3 Å². The lowest BCUT2D eigenvalue weighted by Crippen LogP contribution is -2.23. The smallest absolute Gasteiger partial charge is 0.253 e. The van der Waals surface area contributed by atoms with E-state index in [-0.39, 0.29) is 5.91 Å². The molecule has 1 amide bonds. The zero-order valence-electron chi connectivity index (χ0n) is 13.7. The Morgan fingerprint density at radius 1 is 1.40 bits per heavy atom. The van der Waals surface area contributed by atoms with Gasteiger partial charge < -0.3 is 10.1 Å². The van der Waals surface area contributed by atoms with Crippen LogP contribution in [-0.4, -0.2) is 28.2 Å². The molecule has 25 heavy (non-hydrogen) atoms. The number of rotatable bonds is 5. The number of methoxy groups -OCH3 is 1. The molecule has 3 aromatic rings. The fraction of sp³-hybridized carbons (Fsp3) is 0.278. The van der Waals surface area contributed by atoms with Crippen molar-refractivity contribution in [2.75, 3.05) is 7.11 Å². The number of aromatic amines is 1. The molecule has 0 bridgehead atoms. The number of nitrogens with zero attached hydrogens (tertiary/aromatic N) is 2. The van der Waals surface area contributed by atoms with Crippen LogP contribution in [0.5, 0.6) is 5.88 Å². The maximum Gasteiger partial charge on any atom is 0.253 e. The van der Waals surface area contributed by atoms with Crippen LogP contribution in [0.3, 0.4) is 0 Å². The van der Waals surface area contributed by atoms with E-state index < -0.39 is 0 Å². The largest absolute Gasteiger partial charge is 0.480 e. The van der Waals surface area contributed by atoms with Crippen LogP contribution in [0.4, 0.5) is 0 Å². The number of benzene rings is 1. The Bertz CT molecular complexity index is 949. The summed E-state index contributed by atoms with van der Waals surface area (Å²) in [6.45, 7) is 0.436. The highest BCUT2D eigenvalue weighted by molar-refractivity contribution is 6.32. The third kappa shape index (κ3) is 3.05. The molecule has 6 nitrogen and oxygen atoms in total. The Labute approximate surface area is 149 Å². The lowest BCUT2D eigenvalue weighted by atomic mass is 9.99. The predicted molar refractivity (Wildman–Crippen MR) is 95.0 cm³/mol. The molecule has 0 radical (unpaired) electrons. The molecular formula is C18H17ClN4O2. The number of ether oxygens (including phenoxy) is 1. The Kier molecular flexibility index (Phi) is 4.05. The monoisotopic (exact) mass is 356 g/mol. The molecular weight excluding hydrogens is 340 g/mol. The molecule has 4 rings (SSSR count). The molecule has 2 aromatic heterocycles. The van der Waals surface area contributed by atoms with E-state index in [0.717, 1.165) is 16.5 Å². The van der Waals surface area contributed by atoms with E-state index in [2.05, 4.69) is 32.6 Å². The topological polar surface area (TPSA) is 79.9 Å². The summed E-state index contributed by atoms with van der Waals surface area (Å²) in [5, 5.41) is 11.4. The second-order valence-electron chi connectivity index (χ2n) is 6.14. The van der Waals surface area contributed by atoms with Gasteiger partial charge in [-0.2, -0.15) is 5.10 Å². The van der Waals surface area contributed by atoms with Crippen LogP contribution < -0.4 is 10.1 Å². The van der Waals surface area contributed by atoms with Gasteiger partial charge in [0.25, 0.3) is 5.91 Å². The van der Waals surface area contributed by atoms with E-state index >= 15 is 0 Å². The number of H-pyrrole nitrogens is 1. The van der Waals surface area contributed by atoms with Crippen molar-refractivity contribution in [3.05, 3.63) is 52.3 Å². The first-order valence-corrected chi connectivity index (χ1v) is 8.47. The molecule has 1 saturated carbocycles. The minimum Gasteiger partial charge on any atom is -0.480 e. The van der Waals surface area contributed by atoms with E-state index in [1.165, 1.54) is 31.7 Å². The maximum absolute atomic E-state index is 12.5. The first kappa shape index (κ1) is 15.9. The van der Waals surface area contributed by atoms with Gasteiger partial charge in [-0.3, -0.25) is 9.89 Å². The lowest BCUT2D eigenvalue weighted by Gasteiger charge is -2.12. The van der Waals surface area contributed by atoms with E-state index in [9.17, 15) is 4.79 Å². The van der Waals surface area contributed by atoms with E-state index in [1.54, 1.807) is 6.07 Å². The molecule has 1 aliphatic rings. The minimum absolute atomic E-state index is 0.223. The van der Waals surface area contributed by atoms with Gasteiger partial charge in [0.05, 0.1) is 24.4 Å². The van der Waals surface area contributed by atoms with Gasteiger partial charge >= 0.3 is 0 Å². The number of carbonyl (C=O) groups is 1. The minimum atomic E-state index is -0.223. The second kappa shape index (κ2) is 6.37. The standard InChI is InChI=1S/C18H17ClN4O2/c1-25-18-15(19)6-11(7-21-18)17(24)20-8-13-12(10-2-3-10)4-5-16-14(13)9-22-23-16/h4-7,9-10H,2-3,8H2,1H3,(H,20,24)(H,22,23). The summed E-state index contributed by atoms with van der Waals surface area (Å²) in [7, 11) is 1.49. The normalized spacial score (nSPS) is 13.8. The van der Waals surface area contributed by atoms with E-state index in [0.29, 0.717) is 28.9 Å². The Balaban J connectivity index is 1.57. The van der Waals surface area contributed by atoms with Crippen molar-refractivity contribution in [1.82, 2.24) is 20.5 Å². The van der Waals surface area contributed by atoms with Gasteiger partial charge in [0.15, 0.2) is 0 Å². The van der Waals surface area contributed by atoms with E-state index in [1.807, 2.05) is 6.20 Å². The van der Waals surface area contributed by atoms with Gasteiger partial charge in [-0.25, -0.2) is 4.98 Å². The summed E-state index contributed by atoms with van der Waals surface area (Å²) in [6.07, 6.45) is 5.67. The Morgan fingerprint density at radius 3 is 2.96 bits per heavy atom. The summed E-state index contributed by atoms with van der Waals surface area (Å²) in [6, 6.07) is 5.74. The first-order valence-electron chi connectivity index (χ1n) is 8.10. The maximum atomic E-state index is 12.5. The summed E-state index contributed by atoms with van der Waals surface area (Å²) in [4.78, 5) is 16.5. The molecule has 128 valence electrons. The predicted octanol–water partition coefficient (Wildman–Crippen LogP) is 3.43. The second-order valence-corrected chi connectivity index (χ2v) is 6.54. The van der Waals surface area contributed by atoms with Gasteiger partial charge in [0, 0.05) is 18.1 Å². The van der Waals surface area contributed by atoms with Crippen molar-refractivity contribution in [1.29, 1.82) is 0 Å². The zero-order chi connectivity index (χ0) is 17.4. The number of nitrogens with one attached hydrogen (secondary N) is 2. The molecule has 0 spiro atoms. The van der Waals surface area contributed by atoms with Crippen LogP contribution in [0.2, 0.25) is 5.02 Å². The number of hydrogen-bond donors (Lipinski definition) is 2. The summed E-state index contributed by atoms with van der Waals surface area (Å²) < 4.78 is 5.01. The third-order valence-electron chi connectivity index (χ3n) is 4.48. The number of fused-ring (bicyclic) bond motifs is 1. The SMILES string of the molecule is COc1ncc(C(=O)NCc2c(C3CC3)ccc3[nH]ncc23)cc1Cl. The summed E-state index contributed by atoms with van der Waals surface area (Å²) in [5.74, 6) is 0.667. The van der Waals surface area contributed by atoms with Crippen molar-refractivity contribution in [3.8, 4) is 5.88 Å². The number of carbonyl (C=O) groups excluding carboxylic acids is 1. The zero-order valence-corrected chi connectivity index (χ0v) is 14.4. The molecule has 0 aliphatic heterocycles. The average molecular weight is 357 g/mol. The number of halogens is 1. The van der Waals surface area contributed by atoms with Gasteiger partial charge in [0.2, 0.25) is 5.88 Å². The van der Waals surface area contributed by atoms with Gasteiger partial charge in [-0.15, -0.1) is 0 Å². The van der Waals surface area contributed by atoms with Crippen molar-refractivity contribution >= 4 is 28.4 Å². The number of hydrogen-bond acceptors (Lipinski definition) is 4. The quantitative estimate of drug-likeness (QED) is 0.734. The van der Waals surface area contributed by atoms with E-state index in [4.69, 9.17) is 16.3 Å². The van der Waals surface area contributed by atoms with Crippen LogP contribution in [-0.2, 0) is 6.54 Å². The number of pyridine rings is 1. The van der Waals surface area contributed by atoms with Crippen LogP contribution in [0, 0.1) is 0 Å². The number of amides is 1. The lowest BCUT2D eigenvalue weighted by molar-refractivity contribution is 0.0950. The fourth-order valence-corrected chi connectivity index (χ4v) is 3.28. The summed E-state index contributed by atoms with van der Waals surface area (Å²) >= 11 is 6.05. The number of aromatic nitrogens is 3. The fourth-order valence-electron chi connectivity index (χ4n) is 3.04. The van der Waals surface area contributed by atoms with Crippen molar-refractivity contribution < 1.29 is 9.53 Å².